The molecule has 5 aromatic carbocycles. The largest absolute Gasteiger partial charge is 0.340 e. The lowest BCUT2D eigenvalue weighted by Gasteiger charge is -2.38. The normalized spacial score (nSPS) is 13.7. The van der Waals surface area contributed by atoms with E-state index in [1.54, 1.807) is 107 Å². The number of carbonyl (C=O) groups is 6. The van der Waals surface area contributed by atoms with Gasteiger partial charge in [0.05, 0.1) is 0 Å². The van der Waals surface area contributed by atoms with Crippen LogP contribution in [0.5, 0.6) is 0 Å². The Morgan fingerprint density at radius 3 is 1.19 bits per heavy atom. The molecule has 0 radical (unpaired) electrons. The van der Waals surface area contributed by atoms with Crippen LogP contribution in [0, 0.1) is 5.92 Å². The van der Waals surface area contributed by atoms with Crippen LogP contribution in [0.15, 0.2) is 140 Å². The summed E-state index contributed by atoms with van der Waals surface area (Å²) >= 11 is 0. The molecule has 2 unspecified atom stereocenters. The molecule has 2 N–H and O–H groups in total. The van der Waals surface area contributed by atoms with E-state index in [2.05, 4.69) is 10.6 Å². The lowest BCUT2D eigenvalue weighted by atomic mass is 10.00. The number of hydrogen-bond acceptors (Lipinski definition) is 6. The second-order valence-corrected chi connectivity index (χ2v) is 14.6. The minimum atomic E-state index is -0.880. The van der Waals surface area contributed by atoms with Crippen molar-refractivity contribution in [2.45, 2.75) is 38.8 Å². The predicted octanol–water partition coefficient (Wildman–Crippen LogP) is 6.01. The molecule has 1 saturated heterocycles. The van der Waals surface area contributed by atoms with Crippen LogP contribution in [0.1, 0.15) is 78.4 Å². The van der Waals surface area contributed by atoms with Crippen molar-refractivity contribution >= 4 is 35.2 Å². The quantitative estimate of drug-likeness (QED) is 0.133. The van der Waals surface area contributed by atoms with E-state index in [0.717, 1.165) is 5.56 Å². The van der Waals surface area contributed by atoms with E-state index < -0.39 is 23.9 Å². The van der Waals surface area contributed by atoms with Crippen LogP contribution >= 0.6 is 0 Å². The highest BCUT2D eigenvalue weighted by Gasteiger charge is 2.33. The van der Waals surface area contributed by atoms with E-state index in [1.807, 2.05) is 56.3 Å². The Balaban J connectivity index is 1.08. The molecule has 0 spiro atoms. The third-order valence-electron chi connectivity index (χ3n) is 9.99. The standard InChI is InChI=1S/C47H46N4O6/c1-32(2)30-40(48-44(54)38-22-18-36(19-23-38)42(52)34-14-8-4-9-15-34)46(56)50-26-28-51(29-27-50)47(57)41(31-33-12-6-3-7-13-33)49-45(55)39-24-20-37(21-25-39)43(53)35-16-10-5-11-17-35/h3-25,32,40-41H,26-31H2,1-2H3,(H,48,54)(H,49,55). The fourth-order valence-electron chi connectivity index (χ4n) is 6.87. The third kappa shape index (κ3) is 10.3. The Hall–Kier alpha value is -6.68. The van der Waals surface area contributed by atoms with Crippen molar-refractivity contribution in [1.82, 2.24) is 20.4 Å². The number of piperazine rings is 1. The SMILES string of the molecule is CC(C)CC(NC(=O)c1ccc(C(=O)c2ccccc2)cc1)C(=O)N1CCN(C(=O)C(Cc2ccccc2)NC(=O)c2ccc(C(=O)c3ccccc3)cc2)CC1. The topological polar surface area (TPSA) is 133 Å². The molecule has 1 heterocycles. The highest BCUT2D eigenvalue weighted by atomic mass is 16.2. The van der Waals surface area contributed by atoms with Gasteiger partial charge in [0.15, 0.2) is 11.6 Å². The van der Waals surface area contributed by atoms with Crippen molar-refractivity contribution in [3.63, 3.8) is 0 Å². The molecule has 1 aliphatic heterocycles. The molecule has 0 aliphatic carbocycles. The average Bonchev–Trinajstić information content (AvgIpc) is 3.25. The second kappa shape index (κ2) is 18.8. The molecule has 0 aromatic heterocycles. The van der Waals surface area contributed by atoms with Gasteiger partial charge in [-0.15, -0.1) is 0 Å². The molecule has 0 saturated carbocycles. The number of rotatable bonds is 14. The maximum Gasteiger partial charge on any atom is 0.251 e. The van der Waals surface area contributed by atoms with Crippen LogP contribution in [0.2, 0.25) is 0 Å². The Kier molecular flexibility index (Phi) is 13.2. The first kappa shape index (κ1) is 40.0. The molecule has 2 atom stereocenters. The van der Waals surface area contributed by atoms with E-state index in [4.69, 9.17) is 0 Å². The van der Waals surface area contributed by atoms with Gasteiger partial charge in [0.2, 0.25) is 11.8 Å². The van der Waals surface area contributed by atoms with E-state index in [0.29, 0.717) is 39.8 Å². The van der Waals surface area contributed by atoms with Gasteiger partial charge < -0.3 is 20.4 Å². The summed E-state index contributed by atoms with van der Waals surface area (Å²) < 4.78 is 0. The molecular weight excluding hydrogens is 717 g/mol. The van der Waals surface area contributed by atoms with Gasteiger partial charge in [0.1, 0.15) is 12.1 Å². The molecule has 4 amide bonds. The summed E-state index contributed by atoms with van der Waals surface area (Å²) in [7, 11) is 0. The Labute approximate surface area is 332 Å². The molecule has 290 valence electrons. The first-order valence-electron chi connectivity index (χ1n) is 19.2. The number of ketones is 2. The zero-order valence-electron chi connectivity index (χ0n) is 32.1. The van der Waals surface area contributed by atoms with Crippen LogP contribution in [-0.2, 0) is 16.0 Å². The third-order valence-corrected chi connectivity index (χ3v) is 9.99. The molecule has 5 aromatic rings. The van der Waals surface area contributed by atoms with E-state index in [1.165, 1.54) is 0 Å². The van der Waals surface area contributed by atoms with Gasteiger partial charge in [-0.3, -0.25) is 28.8 Å². The van der Waals surface area contributed by atoms with Gasteiger partial charge in [0, 0.05) is 66.0 Å². The molecule has 1 fully saturated rings. The molecule has 57 heavy (non-hydrogen) atoms. The zero-order valence-corrected chi connectivity index (χ0v) is 32.1. The Morgan fingerprint density at radius 1 is 0.456 bits per heavy atom. The molecule has 6 rings (SSSR count). The lowest BCUT2D eigenvalue weighted by molar-refractivity contribution is -0.141. The monoisotopic (exact) mass is 762 g/mol. The Morgan fingerprint density at radius 2 is 0.789 bits per heavy atom. The molecule has 1 aliphatic rings. The van der Waals surface area contributed by atoms with Crippen LogP contribution in [0.4, 0.5) is 0 Å². The first-order chi connectivity index (χ1) is 27.6. The van der Waals surface area contributed by atoms with Gasteiger partial charge in [-0.2, -0.15) is 0 Å². The zero-order chi connectivity index (χ0) is 40.3. The summed E-state index contributed by atoms with van der Waals surface area (Å²) in [5.74, 6) is -1.56. The van der Waals surface area contributed by atoms with Crippen LogP contribution < -0.4 is 10.6 Å². The van der Waals surface area contributed by atoms with Crippen LogP contribution in [0.3, 0.4) is 0 Å². The number of amides is 4. The van der Waals surface area contributed by atoms with Crippen LogP contribution in [-0.4, -0.2) is 83.3 Å². The van der Waals surface area contributed by atoms with Gasteiger partial charge in [0.25, 0.3) is 11.8 Å². The summed E-state index contributed by atoms with van der Waals surface area (Å²) in [6.45, 7) is 4.98. The smallest absolute Gasteiger partial charge is 0.251 e. The van der Waals surface area contributed by atoms with Crippen molar-refractivity contribution in [3.05, 3.63) is 178 Å². The highest BCUT2D eigenvalue weighted by molar-refractivity contribution is 6.10. The van der Waals surface area contributed by atoms with Crippen molar-refractivity contribution in [2.24, 2.45) is 5.92 Å². The molecular formula is C47H46N4O6. The number of hydrogen-bond donors (Lipinski definition) is 2. The van der Waals surface area contributed by atoms with Gasteiger partial charge >= 0.3 is 0 Å². The van der Waals surface area contributed by atoms with E-state index in [9.17, 15) is 28.8 Å². The maximum absolute atomic E-state index is 14.1. The molecule has 10 heteroatoms. The number of nitrogens with one attached hydrogen (secondary N) is 2. The van der Waals surface area contributed by atoms with E-state index in [-0.39, 0.29) is 61.9 Å². The van der Waals surface area contributed by atoms with Crippen LogP contribution in [0.25, 0.3) is 0 Å². The summed E-state index contributed by atoms with van der Waals surface area (Å²) in [6.07, 6.45) is 0.680. The molecule has 0 bridgehead atoms. The summed E-state index contributed by atoms with van der Waals surface area (Å²) in [6, 6.07) is 38.3. The van der Waals surface area contributed by atoms with Gasteiger partial charge in [-0.25, -0.2) is 0 Å². The van der Waals surface area contributed by atoms with Crippen molar-refractivity contribution in [2.75, 3.05) is 26.2 Å². The minimum absolute atomic E-state index is 0.107. The van der Waals surface area contributed by atoms with Crippen molar-refractivity contribution in [1.29, 1.82) is 0 Å². The summed E-state index contributed by atoms with van der Waals surface area (Å²) in [5, 5.41) is 5.84. The fraction of sp³-hybridized carbons (Fsp3) is 0.234. The minimum Gasteiger partial charge on any atom is -0.340 e. The average molecular weight is 763 g/mol. The second-order valence-electron chi connectivity index (χ2n) is 14.6. The van der Waals surface area contributed by atoms with Crippen molar-refractivity contribution < 1.29 is 28.8 Å². The summed E-state index contributed by atoms with van der Waals surface area (Å²) in [5.41, 5.74) is 3.52. The number of benzene rings is 5. The Bertz CT molecular complexity index is 2180. The first-order valence-corrected chi connectivity index (χ1v) is 19.2. The fourth-order valence-corrected chi connectivity index (χ4v) is 6.87. The number of carbonyl (C=O) groups excluding carboxylic acids is 6. The lowest BCUT2D eigenvalue weighted by Crippen LogP contribution is -2.59. The van der Waals surface area contributed by atoms with Gasteiger partial charge in [-0.05, 0) is 42.2 Å². The predicted molar refractivity (Wildman–Crippen MR) is 218 cm³/mol. The maximum atomic E-state index is 14.1. The highest BCUT2D eigenvalue weighted by Crippen LogP contribution is 2.17. The summed E-state index contributed by atoms with van der Waals surface area (Å²) in [4.78, 5) is 83.9. The van der Waals surface area contributed by atoms with Gasteiger partial charge in [-0.1, -0.05) is 129 Å². The number of nitrogens with zero attached hydrogens (tertiary/aromatic N) is 2. The van der Waals surface area contributed by atoms with E-state index >= 15 is 0 Å². The molecule has 10 nitrogen and oxygen atoms in total. The van der Waals surface area contributed by atoms with Crippen molar-refractivity contribution in [3.8, 4) is 0 Å².